The molecule has 0 bridgehead atoms. The van der Waals surface area contributed by atoms with Gasteiger partial charge in [-0.1, -0.05) is 214 Å². The van der Waals surface area contributed by atoms with Crippen molar-refractivity contribution in [1.82, 2.24) is 0 Å². The highest BCUT2D eigenvalue weighted by atomic mass is 33.1. The van der Waals surface area contributed by atoms with E-state index in [1.165, 1.54) is 111 Å². The Morgan fingerprint density at radius 1 is 0.290 bits per heavy atom. The largest absolute Gasteiger partial charge is 0.0853 e. The van der Waals surface area contributed by atoms with Gasteiger partial charge in [-0.25, -0.2) is 0 Å². The van der Waals surface area contributed by atoms with Crippen molar-refractivity contribution >= 4 is 21.6 Å². The molecule has 62 heavy (non-hydrogen) atoms. The van der Waals surface area contributed by atoms with Gasteiger partial charge in [-0.3, -0.25) is 0 Å². The van der Waals surface area contributed by atoms with Crippen LogP contribution in [0.1, 0.15) is 81.7 Å². The molecule has 0 unspecified atom stereocenters. The summed E-state index contributed by atoms with van der Waals surface area (Å²) in [7, 11) is 4.11. The Morgan fingerprint density at radius 3 is 0.790 bits per heavy atom. The van der Waals surface area contributed by atoms with Crippen LogP contribution in [0.4, 0.5) is 0 Å². The second-order valence-corrected chi connectivity index (χ2v) is 19.8. The van der Waals surface area contributed by atoms with Crippen LogP contribution in [-0.4, -0.2) is 0 Å². The van der Waals surface area contributed by atoms with Gasteiger partial charge in [-0.15, -0.1) is 0 Å². The van der Waals surface area contributed by atoms with Crippen LogP contribution in [0.2, 0.25) is 0 Å². The highest BCUT2D eigenvalue weighted by molar-refractivity contribution is 8.76. The average molecular weight is 843 g/mol. The van der Waals surface area contributed by atoms with Crippen molar-refractivity contribution in [3.63, 3.8) is 0 Å². The van der Waals surface area contributed by atoms with Gasteiger partial charge in [0.05, 0.1) is 0 Å². The fourth-order valence-electron chi connectivity index (χ4n) is 8.48. The molecule has 0 fully saturated rings. The number of rotatable bonds is 13. The quantitative estimate of drug-likeness (QED) is 0.106. The van der Waals surface area contributed by atoms with Crippen molar-refractivity contribution in [1.29, 1.82) is 0 Å². The third-order valence-electron chi connectivity index (χ3n) is 12.2. The zero-order valence-corrected chi connectivity index (χ0v) is 39.2. The minimum absolute atomic E-state index is 0.236. The number of hydrogen-bond acceptors (Lipinski definition) is 2. The van der Waals surface area contributed by atoms with Crippen molar-refractivity contribution in [3.8, 4) is 66.8 Å². The molecule has 0 N–H and O–H groups in total. The van der Waals surface area contributed by atoms with Gasteiger partial charge in [-0.05, 0) is 157 Å². The molecule has 0 aliphatic rings. The van der Waals surface area contributed by atoms with Crippen LogP contribution >= 0.6 is 21.6 Å². The molecular formula is C60H58S2. The van der Waals surface area contributed by atoms with E-state index in [0.29, 0.717) is 0 Å². The van der Waals surface area contributed by atoms with Crippen LogP contribution in [0.25, 0.3) is 66.8 Å². The molecule has 0 aliphatic heterocycles. The zero-order valence-electron chi connectivity index (χ0n) is 37.6. The molecule has 0 amide bonds. The summed E-state index contributed by atoms with van der Waals surface area (Å²) in [5.41, 5.74) is 25.7. The van der Waals surface area contributed by atoms with Crippen molar-refractivity contribution in [2.24, 2.45) is 0 Å². The predicted molar refractivity (Wildman–Crippen MR) is 275 cm³/mol. The van der Waals surface area contributed by atoms with Gasteiger partial charge in [-0.2, -0.15) is 0 Å². The van der Waals surface area contributed by atoms with Gasteiger partial charge < -0.3 is 0 Å². The van der Waals surface area contributed by atoms with Crippen molar-refractivity contribution in [2.75, 3.05) is 0 Å². The minimum atomic E-state index is 0.236. The van der Waals surface area contributed by atoms with E-state index in [4.69, 9.17) is 0 Å². The molecule has 0 aromatic heterocycles. The molecule has 8 aromatic rings. The molecule has 0 saturated carbocycles. The maximum atomic E-state index is 2.51. The first-order chi connectivity index (χ1) is 30.1. The van der Waals surface area contributed by atoms with E-state index in [2.05, 4.69) is 247 Å². The summed E-state index contributed by atoms with van der Waals surface area (Å²) in [4.78, 5) is 0. The summed E-state index contributed by atoms with van der Waals surface area (Å²) in [5.74, 6) is 0. The lowest BCUT2D eigenvalue weighted by atomic mass is 9.85. The molecule has 0 radical (unpaired) electrons. The second-order valence-electron chi connectivity index (χ2n) is 17.2. The normalized spacial score (nSPS) is 12.3. The SMILES string of the molecule is CC[C@@H](SS[C@H](CC)c1cc(-c2ccc(C)cc2)cc(-c2ccc(C)cc2)c1-c1ccc(C)cc1)c1cc(-c2ccc(C)cc2)cc(-c2ccc(C)cc2)c1-c1ccc(C)cc1. The first-order valence-corrected chi connectivity index (χ1v) is 24.5. The van der Waals surface area contributed by atoms with Gasteiger partial charge >= 0.3 is 0 Å². The van der Waals surface area contributed by atoms with Gasteiger partial charge in [0.2, 0.25) is 0 Å². The monoisotopic (exact) mass is 842 g/mol. The van der Waals surface area contributed by atoms with E-state index in [-0.39, 0.29) is 10.5 Å². The lowest BCUT2D eigenvalue weighted by Crippen LogP contribution is -2.02. The molecule has 8 rings (SSSR count). The Morgan fingerprint density at radius 2 is 0.532 bits per heavy atom. The fourth-order valence-corrected chi connectivity index (χ4v) is 11.8. The molecule has 0 saturated heterocycles. The Kier molecular flexibility index (Phi) is 13.4. The predicted octanol–water partition coefficient (Wildman–Crippen LogP) is 18.5. The second kappa shape index (κ2) is 19.2. The van der Waals surface area contributed by atoms with E-state index in [9.17, 15) is 0 Å². The third-order valence-corrected chi connectivity index (χ3v) is 15.7. The van der Waals surface area contributed by atoms with E-state index < -0.39 is 0 Å². The topological polar surface area (TPSA) is 0 Å². The maximum Gasteiger partial charge on any atom is 0.0405 e. The average Bonchev–Trinajstić information content (AvgIpc) is 3.29. The van der Waals surface area contributed by atoms with Crippen molar-refractivity contribution < 1.29 is 0 Å². The zero-order chi connectivity index (χ0) is 43.3. The molecule has 0 nitrogen and oxygen atoms in total. The van der Waals surface area contributed by atoms with Crippen molar-refractivity contribution in [2.45, 2.75) is 78.7 Å². The highest BCUT2D eigenvalue weighted by Crippen LogP contribution is 2.55. The standard InChI is InChI=1S/C60H58S2/c1-9-57(55-37-51(45-23-11-39(3)12-24-45)35-53(47-27-15-41(5)16-28-47)59(55)49-31-19-43(7)20-32-49)61-62-58(10-2)56-38-52(46-25-13-40(4)14-26-46)36-54(48-29-17-42(6)18-30-48)60(56)50-33-21-44(8)22-34-50/h11-38,57-58H,9-10H2,1-8H3/t57-,58-/m1/s1. The van der Waals surface area contributed by atoms with Gasteiger partial charge in [0.15, 0.2) is 0 Å². The fraction of sp³-hybridized carbons (Fsp3) is 0.200. The molecule has 0 spiro atoms. The number of hydrogen-bond donors (Lipinski definition) is 0. The molecule has 310 valence electrons. The van der Waals surface area contributed by atoms with Crippen LogP contribution in [0, 0.1) is 41.5 Å². The summed E-state index contributed by atoms with van der Waals surface area (Å²) in [6, 6.07) is 64.6. The summed E-state index contributed by atoms with van der Waals surface area (Å²) in [6.45, 7) is 17.8. The van der Waals surface area contributed by atoms with Crippen LogP contribution < -0.4 is 0 Å². The third kappa shape index (κ3) is 9.58. The van der Waals surface area contributed by atoms with Gasteiger partial charge in [0, 0.05) is 10.5 Å². The van der Waals surface area contributed by atoms with E-state index in [1.807, 2.05) is 0 Å². The summed E-state index contributed by atoms with van der Waals surface area (Å²) >= 11 is 0. The van der Waals surface area contributed by atoms with E-state index in [0.717, 1.165) is 12.8 Å². The molecule has 0 heterocycles. The smallest absolute Gasteiger partial charge is 0.0405 e. The van der Waals surface area contributed by atoms with E-state index in [1.54, 1.807) is 0 Å². The summed E-state index contributed by atoms with van der Waals surface area (Å²) in [6.07, 6.45) is 2.00. The van der Waals surface area contributed by atoms with Gasteiger partial charge in [0.1, 0.15) is 0 Å². The summed E-state index contributed by atoms with van der Waals surface area (Å²) in [5, 5.41) is 0.472. The number of benzene rings is 8. The van der Waals surface area contributed by atoms with E-state index >= 15 is 0 Å². The summed E-state index contributed by atoms with van der Waals surface area (Å²) < 4.78 is 0. The first kappa shape index (κ1) is 43.1. The van der Waals surface area contributed by atoms with Crippen LogP contribution in [0.3, 0.4) is 0 Å². The van der Waals surface area contributed by atoms with Gasteiger partial charge in [0.25, 0.3) is 0 Å². The Labute approximate surface area is 379 Å². The molecule has 0 aliphatic carbocycles. The molecule has 2 atom stereocenters. The Bertz CT molecular complexity index is 2560. The molecule has 2 heteroatoms. The Hall–Kier alpha value is -5.54. The molecular weight excluding hydrogens is 785 g/mol. The Balaban J connectivity index is 1.30. The lowest BCUT2D eigenvalue weighted by molar-refractivity contribution is 0.895. The van der Waals surface area contributed by atoms with Crippen LogP contribution in [0.5, 0.6) is 0 Å². The maximum absolute atomic E-state index is 2.51. The lowest BCUT2D eigenvalue weighted by Gasteiger charge is -2.27. The molecule has 8 aromatic carbocycles. The van der Waals surface area contributed by atoms with Crippen LogP contribution in [0.15, 0.2) is 170 Å². The highest BCUT2D eigenvalue weighted by Gasteiger charge is 2.26. The minimum Gasteiger partial charge on any atom is -0.0853 e. The first-order valence-electron chi connectivity index (χ1n) is 22.2. The van der Waals surface area contributed by atoms with Crippen LogP contribution in [-0.2, 0) is 0 Å². The van der Waals surface area contributed by atoms with Crippen molar-refractivity contribution in [3.05, 3.63) is 214 Å². The number of aryl methyl sites for hydroxylation is 6.